The quantitative estimate of drug-likeness (QED) is 0.0195. The molecule has 0 radical (unpaired) electrons. The molecular formula is C84H150NO8P. The van der Waals surface area contributed by atoms with Crippen LogP contribution in [-0.2, 0) is 32.7 Å². The molecule has 544 valence electrons. The van der Waals surface area contributed by atoms with Crippen LogP contribution in [0.5, 0.6) is 0 Å². The number of quaternary nitrogens is 1. The summed E-state index contributed by atoms with van der Waals surface area (Å²) in [5.41, 5.74) is 0. The summed E-state index contributed by atoms with van der Waals surface area (Å²) in [4.78, 5) is 38.2. The number of allylic oxidation sites excluding steroid dienone is 18. The molecule has 0 bridgehead atoms. The van der Waals surface area contributed by atoms with Gasteiger partial charge in [-0.2, -0.15) is 0 Å². The average Bonchev–Trinajstić information content (AvgIpc) is 1.56. The zero-order valence-corrected chi connectivity index (χ0v) is 63.0. The van der Waals surface area contributed by atoms with Crippen molar-refractivity contribution in [3.63, 3.8) is 0 Å². The highest BCUT2D eigenvalue weighted by Gasteiger charge is 2.22. The average molecular weight is 1330 g/mol. The molecule has 0 fully saturated rings. The minimum Gasteiger partial charge on any atom is -0.756 e. The van der Waals surface area contributed by atoms with Gasteiger partial charge < -0.3 is 27.9 Å². The molecule has 0 heterocycles. The van der Waals surface area contributed by atoms with Crippen LogP contribution in [0.15, 0.2) is 109 Å². The van der Waals surface area contributed by atoms with Crippen molar-refractivity contribution in [1.82, 2.24) is 0 Å². The first-order chi connectivity index (χ1) is 46.0. The van der Waals surface area contributed by atoms with Crippen molar-refractivity contribution in [2.24, 2.45) is 0 Å². The van der Waals surface area contributed by atoms with Crippen molar-refractivity contribution in [2.45, 2.75) is 367 Å². The Kier molecular flexibility index (Phi) is 71.3. The SMILES string of the molecule is CC/C=C\C/C=C\C/C=C\C/C=C\C/C=C\C/C=C\C/C=C\C/C=C\CCCCCCCCCCC(=O)OC(COC(=O)CCCCCCCCCCCCCCCCCCCCCCCCCCC/C=C\CCCCCCCCCC)COP(=O)([O-])OCC[N+](C)(C)C. The van der Waals surface area contributed by atoms with Crippen LogP contribution in [0.1, 0.15) is 361 Å². The molecular weight excluding hydrogens is 1180 g/mol. The molecule has 2 unspecified atom stereocenters. The third-order valence-corrected chi connectivity index (χ3v) is 18.2. The summed E-state index contributed by atoms with van der Waals surface area (Å²) in [6.45, 7) is 4.15. The molecule has 9 nitrogen and oxygen atoms in total. The maximum atomic E-state index is 12.9. The lowest BCUT2D eigenvalue weighted by Crippen LogP contribution is -2.37. The van der Waals surface area contributed by atoms with Crippen LogP contribution in [0.25, 0.3) is 0 Å². The predicted octanol–water partition coefficient (Wildman–Crippen LogP) is 25.8. The first-order valence-electron chi connectivity index (χ1n) is 39.6. The third kappa shape index (κ3) is 77.7. The van der Waals surface area contributed by atoms with Crippen LogP contribution >= 0.6 is 7.82 Å². The molecule has 0 aliphatic rings. The number of phosphoric ester groups is 1. The van der Waals surface area contributed by atoms with Crippen LogP contribution < -0.4 is 4.89 Å². The molecule has 0 aliphatic heterocycles. The highest BCUT2D eigenvalue weighted by Crippen LogP contribution is 2.38. The van der Waals surface area contributed by atoms with Crippen LogP contribution in [0, 0.1) is 0 Å². The normalized spacial score (nSPS) is 13.6. The zero-order chi connectivity index (χ0) is 68.3. The monoisotopic (exact) mass is 1330 g/mol. The lowest BCUT2D eigenvalue weighted by Gasteiger charge is -2.28. The molecule has 0 aromatic rings. The molecule has 0 aromatic carbocycles. The fraction of sp³-hybridized carbons (Fsp3) is 0.762. The van der Waals surface area contributed by atoms with E-state index < -0.39 is 26.5 Å². The van der Waals surface area contributed by atoms with Gasteiger partial charge in [-0.15, -0.1) is 0 Å². The smallest absolute Gasteiger partial charge is 0.306 e. The van der Waals surface area contributed by atoms with Gasteiger partial charge in [0.2, 0.25) is 0 Å². The third-order valence-electron chi connectivity index (χ3n) is 17.3. The second kappa shape index (κ2) is 73.9. The lowest BCUT2D eigenvalue weighted by atomic mass is 10.0. The van der Waals surface area contributed by atoms with Crippen molar-refractivity contribution < 1.29 is 42.1 Å². The molecule has 0 saturated carbocycles. The van der Waals surface area contributed by atoms with Gasteiger partial charge in [-0.3, -0.25) is 14.2 Å². The van der Waals surface area contributed by atoms with Gasteiger partial charge in [-0.25, -0.2) is 0 Å². The number of likely N-dealkylation sites (N-methyl/N-ethyl adjacent to an activating group) is 1. The molecule has 0 aromatic heterocycles. The molecule has 0 rings (SSSR count). The van der Waals surface area contributed by atoms with Gasteiger partial charge in [0.05, 0.1) is 27.7 Å². The van der Waals surface area contributed by atoms with E-state index in [2.05, 4.69) is 123 Å². The minimum absolute atomic E-state index is 0.0358. The fourth-order valence-electron chi connectivity index (χ4n) is 11.3. The Bertz CT molecular complexity index is 1960. The van der Waals surface area contributed by atoms with E-state index in [1.54, 1.807) is 0 Å². The standard InChI is InChI=1S/C84H150NO8P/c1-6-8-10-12-14-16-18-20-22-24-26-28-30-32-34-36-38-40-41-42-43-45-46-48-50-52-54-56-58-60-62-64-66-68-70-72-74-76-83(86)90-80-82(81-92-94(88,89)91-79-78-85(3,4)5)93-84(87)77-75-73-71-69-67-65-63-61-59-57-55-53-51-49-47-44-39-37-35-33-31-29-27-25-23-21-19-17-15-13-11-9-7-2/h9,11,15,17,21,23-24,26-27,29,33,35,39,44,49,51,55,57,82H,6-8,10,12-14,16,18-20,22,25,28,30-32,34,36-38,40-43,45-48,50,52-54,56,58-81H2,1-5H3/b11-9-,17-15-,23-21-,26-24-,29-27-,35-33-,44-39-,51-49-,57-55-. The van der Waals surface area contributed by atoms with Crippen molar-refractivity contribution in [3.05, 3.63) is 109 Å². The van der Waals surface area contributed by atoms with Crippen LogP contribution in [0.3, 0.4) is 0 Å². The number of rotatable bonds is 73. The first-order valence-corrected chi connectivity index (χ1v) is 41.1. The number of phosphoric acid groups is 1. The molecule has 0 N–H and O–H groups in total. The highest BCUT2D eigenvalue weighted by molar-refractivity contribution is 7.45. The van der Waals surface area contributed by atoms with Gasteiger partial charge in [-0.05, 0) is 103 Å². The van der Waals surface area contributed by atoms with Gasteiger partial charge in [0.25, 0.3) is 7.82 Å². The van der Waals surface area contributed by atoms with Crippen molar-refractivity contribution >= 4 is 19.8 Å². The number of hydrogen-bond donors (Lipinski definition) is 0. The lowest BCUT2D eigenvalue weighted by molar-refractivity contribution is -0.870. The minimum atomic E-state index is -4.65. The van der Waals surface area contributed by atoms with E-state index in [1.807, 2.05) is 21.1 Å². The Hall–Kier alpha value is -3.33. The molecule has 0 spiro atoms. The number of nitrogens with zero attached hydrogens (tertiary/aromatic N) is 1. The second-order valence-electron chi connectivity index (χ2n) is 27.7. The highest BCUT2D eigenvalue weighted by atomic mass is 31.2. The maximum absolute atomic E-state index is 12.9. The Balaban J connectivity index is 3.99. The molecule has 94 heavy (non-hydrogen) atoms. The summed E-state index contributed by atoms with van der Waals surface area (Å²) >= 11 is 0. The number of carbonyl (C=O) groups excluding carboxylic acids is 2. The summed E-state index contributed by atoms with van der Waals surface area (Å²) in [5.74, 6) is -0.834. The molecule has 0 saturated heterocycles. The first kappa shape index (κ1) is 90.7. The van der Waals surface area contributed by atoms with Crippen LogP contribution in [0.4, 0.5) is 0 Å². The predicted molar refractivity (Wildman–Crippen MR) is 406 cm³/mol. The topological polar surface area (TPSA) is 111 Å². The number of ether oxygens (including phenoxy) is 2. The Morgan fingerprint density at radius 2 is 0.606 bits per heavy atom. The summed E-state index contributed by atoms with van der Waals surface area (Å²) in [5, 5.41) is 0. The van der Waals surface area contributed by atoms with Crippen molar-refractivity contribution in [1.29, 1.82) is 0 Å². The van der Waals surface area contributed by atoms with Crippen molar-refractivity contribution in [3.8, 4) is 0 Å². The van der Waals surface area contributed by atoms with E-state index >= 15 is 0 Å². The zero-order valence-electron chi connectivity index (χ0n) is 62.1. The number of carbonyl (C=O) groups is 2. The van der Waals surface area contributed by atoms with E-state index in [0.29, 0.717) is 17.4 Å². The molecule has 2 atom stereocenters. The van der Waals surface area contributed by atoms with Gasteiger partial charge >= 0.3 is 11.9 Å². The second-order valence-corrected chi connectivity index (χ2v) is 29.1. The number of esters is 2. The Morgan fingerprint density at radius 3 is 0.915 bits per heavy atom. The summed E-state index contributed by atoms with van der Waals surface area (Å²) in [6, 6.07) is 0. The largest absolute Gasteiger partial charge is 0.756 e. The maximum Gasteiger partial charge on any atom is 0.306 e. The van der Waals surface area contributed by atoms with Crippen molar-refractivity contribution in [2.75, 3.05) is 47.5 Å². The Morgan fingerprint density at radius 1 is 0.340 bits per heavy atom. The van der Waals surface area contributed by atoms with E-state index in [4.69, 9.17) is 18.5 Å². The molecule has 10 heteroatoms. The molecule has 0 aliphatic carbocycles. The fourth-order valence-corrected chi connectivity index (χ4v) is 12.0. The van der Waals surface area contributed by atoms with Crippen LogP contribution in [-0.4, -0.2) is 70.0 Å². The summed E-state index contributed by atoms with van der Waals surface area (Å²) in [6.07, 6.45) is 105. The van der Waals surface area contributed by atoms with Crippen LogP contribution in [0.2, 0.25) is 0 Å². The van der Waals surface area contributed by atoms with Gasteiger partial charge in [-0.1, -0.05) is 354 Å². The Labute approximate surface area is 582 Å². The summed E-state index contributed by atoms with van der Waals surface area (Å²) < 4.78 is 34.4. The van der Waals surface area contributed by atoms with Gasteiger partial charge in [0, 0.05) is 12.8 Å². The van der Waals surface area contributed by atoms with Gasteiger partial charge in [0.15, 0.2) is 6.10 Å². The molecule has 0 amide bonds. The van der Waals surface area contributed by atoms with E-state index in [1.165, 1.54) is 231 Å². The van der Waals surface area contributed by atoms with E-state index in [0.717, 1.165) is 96.3 Å². The van der Waals surface area contributed by atoms with E-state index in [-0.39, 0.29) is 32.0 Å². The number of unbranched alkanes of at least 4 members (excludes halogenated alkanes) is 41. The number of hydrogen-bond acceptors (Lipinski definition) is 8. The van der Waals surface area contributed by atoms with E-state index in [9.17, 15) is 19.0 Å². The van der Waals surface area contributed by atoms with Gasteiger partial charge in [0.1, 0.15) is 19.8 Å². The summed E-state index contributed by atoms with van der Waals surface area (Å²) in [7, 11) is 1.16.